The van der Waals surface area contributed by atoms with Crippen LogP contribution in [0.3, 0.4) is 0 Å². The minimum Gasteiger partial charge on any atom is -0.489 e. The molecule has 0 atom stereocenters. The molecular formula is C16H17ClFNO. The summed E-state index contributed by atoms with van der Waals surface area (Å²) in [5.41, 5.74) is 1.84. The maximum atomic E-state index is 13.0. The van der Waals surface area contributed by atoms with Crippen molar-refractivity contribution in [1.82, 2.24) is 0 Å². The third kappa shape index (κ3) is 4.14. The highest BCUT2D eigenvalue weighted by molar-refractivity contribution is 6.31. The van der Waals surface area contributed by atoms with E-state index >= 15 is 0 Å². The fourth-order valence-corrected chi connectivity index (χ4v) is 2.04. The number of rotatable bonds is 5. The van der Waals surface area contributed by atoms with Crippen LogP contribution in [-0.4, -0.2) is 6.04 Å². The second kappa shape index (κ2) is 6.62. The molecule has 0 aliphatic heterocycles. The highest BCUT2D eigenvalue weighted by atomic mass is 35.5. The van der Waals surface area contributed by atoms with Gasteiger partial charge in [-0.05, 0) is 38.1 Å². The van der Waals surface area contributed by atoms with Gasteiger partial charge in [0.05, 0.1) is 0 Å². The molecule has 0 bridgehead atoms. The zero-order valence-corrected chi connectivity index (χ0v) is 12.2. The number of hydrogen-bond acceptors (Lipinski definition) is 2. The normalized spacial score (nSPS) is 10.7. The van der Waals surface area contributed by atoms with Gasteiger partial charge in [0.1, 0.15) is 18.2 Å². The molecule has 2 aromatic carbocycles. The molecule has 0 radical (unpaired) electrons. The van der Waals surface area contributed by atoms with E-state index in [9.17, 15) is 4.39 Å². The predicted octanol–water partition coefficient (Wildman–Crippen LogP) is 4.88. The zero-order chi connectivity index (χ0) is 14.5. The smallest absolute Gasteiger partial charge is 0.126 e. The standard InChI is InChI=1S/C16H17ClFNO/c1-11(2)19-14-7-6-12(16(17)9-14)10-20-15-5-3-4-13(18)8-15/h3-9,11,19H,10H2,1-2H3. The molecule has 0 spiro atoms. The van der Waals surface area contributed by atoms with E-state index in [0.717, 1.165) is 11.3 Å². The largest absolute Gasteiger partial charge is 0.489 e. The van der Waals surface area contributed by atoms with Gasteiger partial charge in [0.25, 0.3) is 0 Å². The molecule has 0 aliphatic rings. The third-order valence-electron chi connectivity index (χ3n) is 2.70. The van der Waals surface area contributed by atoms with Crippen molar-refractivity contribution >= 4 is 17.3 Å². The zero-order valence-electron chi connectivity index (χ0n) is 11.5. The first-order valence-electron chi connectivity index (χ1n) is 6.48. The van der Waals surface area contributed by atoms with E-state index in [-0.39, 0.29) is 5.82 Å². The maximum absolute atomic E-state index is 13.0. The Kier molecular flexibility index (Phi) is 4.85. The van der Waals surface area contributed by atoms with Gasteiger partial charge in [-0.15, -0.1) is 0 Å². The highest BCUT2D eigenvalue weighted by Gasteiger charge is 2.04. The Hall–Kier alpha value is -1.74. The lowest BCUT2D eigenvalue weighted by Gasteiger charge is -2.12. The summed E-state index contributed by atoms with van der Waals surface area (Å²) in [5.74, 6) is 0.176. The Morgan fingerprint density at radius 2 is 2.00 bits per heavy atom. The number of halogens is 2. The Bertz CT molecular complexity index is 586. The average molecular weight is 294 g/mol. The van der Waals surface area contributed by atoms with E-state index < -0.39 is 0 Å². The molecular weight excluding hydrogens is 277 g/mol. The van der Waals surface area contributed by atoms with Gasteiger partial charge in [-0.1, -0.05) is 23.7 Å². The van der Waals surface area contributed by atoms with Crippen molar-refractivity contribution in [3.63, 3.8) is 0 Å². The molecule has 0 amide bonds. The molecule has 2 aromatic rings. The van der Waals surface area contributed by atoms with Crippen molar-refractivity contribution in [2.75, 3.05) is 5.32 Å². The minimum atomic E-state index is -0.315. The molecule has 0 aliphatic carbocycles. The van der Waals surface area contributed by atoms with E-state index in [1.807, 2.05) is 18.2 Å². The summed E-state index contributed by atoms with van der Waals surface area (Å²) in [4.78, 5) is 0. The molecule has 0 heterocycles. The maximum Gasteiger partial charge on any atom is 0.126 e. The fourth-order valence-electron chi connectivity index (χ4n) is 1.81. The van der Waals surface area contributed by atoms with Gasteiger partial charge in [0.2, 0.25) is 0 Å². The van der Waals surface area contributed by atoms with Crippen molar-refractivity contribution < 1.29 is 9.13 Å². The van der Waals surface area contributed by atoms with E-state index in [2.05, 4.69) is 19.2 Å². The van der Waals surface area contributed by atoms with Crippen LogP contribution in [0.4, 0.5) is 10.1 Å². The highest BCUT2D eigenvalue weighted by Crippen LogP contribution is 2.23. The molecule has 0 aromatic heterocycles. The van der Waals surface area contributed by atoms with Gasteiger partial charge in [-0.25, -0.2) is 4.39 Å². The number of anilines is 1. The van der Waals surface area contributed by atoms with E-state index in [1.54, 1.807) is 12.1 Å². The monoisotopic (exact) mass is 293 g/mol. The van der Waals surface area contributed by atoms with Crippen LogP contribution in [0.5, 0.6) is 5.75 Å². The van der Waals surface area contributed by atoms with Crippen molar-refractivity contribution in [3.8, 4) is 5.75 Å². The SMILES string of the molecule is CC(C)Nc1ccc(COc2cccc(F)c2)c(Cl)c1. The predicted molar refractivity (Wildman–Crippen MR) is 80.9 cm³/mol. The van der Waals surface area contributed by atoms with E-state index in [1.165, 1.54) is 12.1 Å². The van der Waals surface area contributed by atoms with Crippen LogP contribution in [-0.2, 0) is 6.61 Å². The summed E-state index contributed by atoms with van der Waals surface area (Å²) in [6.45, 7) is 4.44. The molecule has 0 fully saturated rings. The first-order valence-corrected chi connectivity index (χ1v) is 6.86. The first kappa shape index (κ1) is 14.7. The van der Waals surface area contributed by atoms with Crippen LogP contribution in [0, 0.1) is 5.82 Å². The summed E-state index contributed by atoms with van der Waals surface area (Å²) < 4.78 is 18.6. The minimum absolute atomic E-state index is 0.310. The number of benzene rings is 2. The number of hydrogen-bond donors (Lipinski definition) is 1. The quantitative estimate of drug-likeness (QED) is 0.848. The molecule has 0 unspecified atom stereocenters. The van der Waals surface area contributed by atoms with Crippen LogP contribution in [0.1, 0.15) is 19.4 Å². The fraction of sp³-hybridized carbons (Fsp3) is 0.250. The molecule has 4 heteroatoms. The van der Waals surface area contributed by atoms with Gasteiger partial charge in [0, 0.05) is 28.4 Å². The van der Waals surface area contributed by atoms with Gasteiger partial charge >= 0.3 is 0 Å². The lowest BCUT2D eigenvalue weighted by Crippen LogP contribution is -2.09. The molecule has 106 valence electrons. The third-order valence-corrected chi connectivity index (χ3v) is 3.05. The summed E-state index contributed by atoms with van der Waals surface area (Å²) in [6.07, 6.45) is 0. The second-order valence-corrected chi connectivity index (χ2v) is 5.26. The Morgan fingerprint density at radius 3 is 2.65 bits per heavy atom. The Morgan fingerprint density at radius 1 is 1.20 bits per heavy atom. The van der Waals surface area contributed by atoms with Crippen LogP contribution in [0.25, 0.3) is 0 Å². The Balaban J connectivity index is 2.03. The van der Waals surface area contributed by atoms with E-state index in [4.69, 9.17) is 16.3 Å². The van der Waals surface area contributed by atoms with Crippen LogP contribution in [0.15, 0.2) is 42.5 Å². The molecule has 2 nitrogen and oxygen atoms in total. The summed E-state index contributed by atoms with van der Waals surface area (Å²) in [6, 6.07) is 12.1. The summed E-state index contributed by atoms with van der Waals surface area (Å²) >= 11 is 6.22. The molecule has 20 heavy (non-hydrogen) atoms. The van der Waals surface area contributed by atoms with Crippen molar-refractivity contribution in [1.29, 1.82) is 0 Å². The van der Waals surface area contributed by atoms with Crippen LogP contribution >= 0.6 is 11.6 Å². The first-order chi connectivity index (χ1) is 9.54. The van der Waals surface area contributed by atoms with Gasteiger partial charge < -0.3 is 10.1 Å². The lowest BCUT2D eigenvalue weighted by molar-refractivity contribution is 0.304. The number of ether oxygens (including phenoxy) is 1. The summed E-state index contributed by atoms with van der Waals surface area (Å²) in [7, 11) is 0. The van der Waals surface area contributed by atoms with Gasteiger partial charge in [-0.3, -0.25) is 0 Å². The number of nitrogens with one attached hydrogen (secondary N) is 1. The molecule has 2 rings (SSSR count). The van der Waals surface area contributed by atoms with E-state index in [0.29, 0.717) is 23.4 Å². The molecule has 0 saturated carbocycles. The topological polar surface area (TPSA) is 21.3 Å². The van der Waals surface area contributed by atoms with Crippen molar-refractivity contribution in [2.24, 2.45) is 0 Å². The lowest BCUT2D eigenvalue weighted by atomic mass is 10.2. The molecule has 1 N–H and O–H groups in total. The van der Waals surface area contributed by atoms with Crippen molar-refractivity contribution in [2.45, 2.75) is 26.5 Å². The van der Waals surface area contributed by atoms with Gasteiger partial charge in [0.15, 0.2) is 0 Å². The summed E-state index contributed by atoms with van der Waals surface area (Å²) in [5, 5.41) is 3.91. The Labute approximate surface area is 123 Å². The van der Waals surface area contributed by atoms with Gasteiger partial charge in [-0.2, -0.15) is 0 Å². The van der Waals surface area contributed by atoms with Crippen LogP contribution in [0.2, 0.25) is 5.02 Å². The second-order valence-electron chi connectivity index (χ2n) is 4.85. The molecule has 0 saturated heterocycles. The van der Waals surface area contributed by atoms with Crippen LogP contribution < -0.4 is 10.1 Å². The average Bonchev–Trinajstić information content (AvgIpc) is 2.37. The van der Waals surface area contributed by atoms with Crippen molar-refractivity contribution in [3.05, 3.63) is 58.9 Å².